The molecule has 0 saturated heterocycles. The van der Waals surface area contributed by atoms with Gasteiger partial charge in [0, 0.05) is 37.3 Å². The fourth-order valence-corrected chi connectivity index (χ4v) is 3.68. The predicted molar refractivity (Wildman–Crippen MR) is 122 cm³/mol. The van der Waals surface area contributed by atoms with Crippen LogP contribution in [0.25, 0.3) is 11.1 Å². The molecule has 3 rings (SSSR count). The van der Waals surface area contributed by atoms with E-state index in [-0.39, 0.29) is 5.56 Å². The first-order chi connectivity index (χ1) is 15.1. The van der Waals surface area contributed by atoms with E-state index in [1.807, 2.05) is 24.3 Å². The van der Waals surface area contributed by atoms with Gasteiger partial charge >= 0.3 is 5.97 Å². The van der Waals surface area contributed by atoms with Crippen LogP contribution in [0.4, 0.5) is 0 Å². The summed E-state index contributed by atoms with van der Waals surface area (Å²) in [6.45, 7) is 5.31. The van der Waals surface area contributed by atoms with Crippen molar-refractivity contribution in [3.63, 3.8) is 0 Å². The van der Waals surface area contributed by atoms with E-state index in [0.717, 1.165) is 48.6 Å². The van der Waals surface area contributed by atoms with Gasteiger partial charge in [-0.05, 0) is 30.0 Å². The number of unbranched alkanes of at least 4 members (excludes halogenated alkanes) is 4. The average Bonchev–Trinajstić information content (AvgIpc) is 3.16. The third-order valence-electron chi connectivity index (χ3n) is 5.45. The zero-order valence-electron chi connectivity index (χ0n) is 18.5. The number of carboxylic acids is 1. The lowest BCUT2D eigenvalue weighted by Gasteiger charge is -2.08. The van der Waals surface area contributed by atoms with E-state index in [1.165, 1.54) is 37.9 Å². The Kier molecular flexibility index (Phi) is 8.33. The molecule has 0 atom stereocenters. The number of carboxylic acid groups (broad SMARTS) is 1. The average molecular weight is 421 g/mol. The molecule has 164 valence electrons. The molecule has 6 nitrogen and oxygen atoms in total. The second-order valence-corrected chi connectivity index (χ2v) is 7.93. The van der Waals surface area contributed by atoms with Crippen molar-refractivity contribution in [3.8, 4) is 11.1 Å². The first-order valence-corrected chi connectivity index (χ1v) is 11.3. The van der Waals surface area contributed by atoms with Crippen molar-refractivity contribution in [3.05, 3.63) is 65.5 Å². The summed E-state index contributed by atoms with van der Waals surface area (Å²) >= 11 is 0. The number of rotatable bonds is 12. The second kappa shape index (κ2) is 11.4. The molecule has 0 aliphatic carbocycles. The van der Waals surface area contributed by atoms with Crippen LogP contribution >= 0.6 is 0 Å². The third kappa shape index (κ3) is 6.23. The van der Waals surface area contributed by atoms with Gasteiger partial charge in [-0.3, -0.25) is 4.98 Å². The fraction of sp³-hybridized carbons (Fsp3) is 0.440. The van der Waals surface area contributed by atoms with Gasteiger partial charge in [-0.15, -0.1) is 0 Å². The normalized spacial score (nSPS) is 11.0. The first-order valence-electron chi connectivity index (χ1n) is 11.3. The van der Waals surface area contributed by atoms with Gasteiger partial charge in [-0.25, -0.2) is 14.5 Å². The van der Waals surface area contributed by atoms with Gasteiger partial charge in [0.05, 0.1) is 5.56 Å². The van der Waals surface area contributed by atoms with Crippen LogP contribution in [-0.2, 0) is 19.4 Å². The Labute approximate surface area is 184 Å². The molecule has 2 heterocycles. The molecule has 3 aromatic rings. The summed E-state index contributed by atoms with van der Waals surface area (Å²) in [6.07, 6.45) is 11.8. The van der Waals surface area contributed by atoms with Gasteiger partial charge in [0.1, 0.15) is 5.82 Å². The highest BCUT2D eigenvalue weighted by Crippen LogP contribution is 2.24. The number of pyridine rings is 1. The number of aromatic carboxylic acids is 1. The number of aromatic nitrogens is 4. The summed E-state index contributed by atoms with van der Waals surface area (Å²) < 4.78 is 2.08. The summed E-state index contributed by atoms with van der Waals surface area (Å²) in [6, 6.07) is 9.52. The van der Waals surface area contributed by atoms with Gasteiger partial charge in [0.25, 0.3) is 0 Å². The number of aryl methyl sites for hydroxylation is 2. The van der Waals surface area contributed by atoms with Crippen LogP contribution in [-0.4, -0.2) is 30.8 Å². The highest BCUT2D eigenvalue weighted by Gasteiger charge is 2.13. The number of carbonyl (C=O) groups is 1. The zero-order valence-corrected chi connectivity index (χ0v) is 18.5. The summed E-state index contributed by atoms with van der Waals surface area (Å²) in [5.41, 5.74) is 2.87. The van der Waals surface area contributed by atoms with Crippen LogP contribution in [0.5, 0.6) is 0 Å². The molecule has 0 bridgehead atoms. The first kappa shape index (κ1) is 22.7. The molecule has 1 N–H and O–H groups in total. The molecule has 31 heavy (non-hydrogen) atoms. The van der Waals surface area contributed by atoms with E-state index >= 15 is 0 Å². The zero-order chi connectivity index (χ0) is 22.1. The molecule has 0 spiro atoms. The Balaban J connectivity index is 1.77. The van der Waals surface area contributed by atoms with Crippen molar-refractivity contribution in [1.82, 2.24) is 19.7 Å². The van der Waals surface area contributed by atoms with E-state index in [2.05, 4.69) is 23.5 Å². The lowest BCUT2D eigenvalue weighted by molar-refractivity contribution is 0.0697. The molecular formula is C25H32N4O2. The van der Waals surface area contributed by atoms with Crippen LogP contribution in [0.3, 0.4) is 0 Å². The number of hydrogen-bond acceptors (Lipinski definition) is 4. The highest BCUT2D eigenvalue weighted by molar-refractivity contribution is 5.95. The van der Waals surface area contributed by atoms with Crippen LogP contribution < -0.4 is 0 Å². The maximum absolute atomic E-state index is 11.5. The molecule has 0 aliphatic rings. The van der Waals surface area contributed by atoms with Crippen molar-refractivity contribution >= 4 is 5.97 Å². The van der Waals surface area contributed by atoms with E-state index < -0.39 is 5.97 Å². The maximum Gasteiger partial charge on any atom is 0.336 e. The minimum Gasteiger partial charge on any atom is -0.478 e. The minimum absolute atomic E-state index is 0.259. The van der Waals surface area contributed by atoms with Crippen LogP contribution in [0.2, 0.25) is 0 Å². The fourth-order valence-electron chi connectivity index (χ4n) is 3.68. The Hall–Kier alpha value is -3.02. The van der Waals surface area contributed by atoms with Gasteiger partial charge in [-0.2, -0.15) is 5.10 Å². The summed E-state index contributed by atoms with van der Waals surface area (Å²) in [5, 5.41) is 14.2. The van der Waals surface area contributed by atoms with Crippen molar-refractivity contribution < 1.29 is 9.90 Å². The number of hydrogen-bond donors (Lipinski definition) is 1. The molecule has 0 aliphatic heterocycles. The molecular weight excluding hydrogens is 388 g/mol. The summed E-state index contributed by atoms with van der Waals surface area (Å²) in [4.78, 5) is 20.4. The molecule has 0 saturated carbocycles. The van der Waals surface area contributed by atoms with Crippen molar-refractivity contribution in [2.75, 3.05) is 0 Å². The quantitative estimate of drug-likeness (QED) is 0.388. The Morgan fingerprint density at radius 2 is 1.74 bits per heavy atom. The highest BCUT2D eigenvalue weighted by atomic mass is 16.4. The minimum atomic E-state index is -0.947. The number of benzene rings is 1. The molecule has 6 heteroatoms. The van der Waals surface area contributed by atoms with E-state index in [1.54, 1.807) is 6.20 Å². The van der Waals surface area contributed by atoms with Crippen LogP contribution in [0.1, 0.15) is 79.9 Å². The topological polar surface area (TPSA) is 80.9 Å². The largest absolute Gasteiger partial charge is 0.478 e. The molecule has 0 fully saturated rings. The monoisotopic (exact) mass is 420 g/mol. The molecule has 1 aromatic carbocycles. The van der Waals surface area contributed by atoms with Crippen molar-refractivity contribution in [2.24, 2.45) is 0 Å². The molecule has 0 unspecified atom stereocenters. The summed E-state index contributed by atoms with van der Waals surface area (Å²) in [7, 11) is 0. The van der Waals surface area contributed by atoms with Gasteiger partial charge in [0.15, 0.2) is 5.82 Å². The number of nitrogens with zero attached hydrogens (tertiary/aromatic N) is 4. The van der Waals surface area contributed by atoms with Crippen molar-refractivity contribution in [2.45, 2.75) is 71.8 Å². The molecule has 2 aromatic heterocycles. The molecule has 0 amide bonds. The van der Waals surface area contributed by atoms with Crippen molar-refractivity contribution in [1.29, 1.82) is 0 Å². The SMILES string of the molecule is CCCCCc1nc(Cc2ccc(-c3cnccc3C(=O)O)cc2)n(CCCCC)n1. The van der Waals surface area contributed by atoms with Crippen LogP contribution in [0.15, 0.2) is 42.7 Å². The maximum atomic E-state index is 11.5. The lowest BCUT2D eigenvalue weighted by atomic mass is 10.00. The van der Waals surface area contributed by atoms with E-state index in [0.29, 0.717) is 12.0 Å². The van der Waals surface area contributed by atoms with E-state index in [4.69, 9.17) is 10.1 Å². The van der Waals surface area contributed by atoms with Gasteiger partial charge in [-0.1, -0.05) is 63.8 Å². The lowest BCUT2D eigenvalue weighted by Crippen LogP contribution is -2.07. The van der Waals surface area contributed by atoms with E-state index in [9.17, 15) is 9.90 Å². The third-order valence-corrected chi connectivity index (χ3v) is 5.45. The van der Waals surface area contributed by atoms with Crippen LogP contribution in [0, 0.1) is 0 Å². The van der Waals surface area contributed by atoms with Gasteiger partial charge in [0.2, 0.25) is 0 Å². The summed E-state index contributed by atoms with van der Waals surface area (Å²) in [5.74, 6) is 0.998. The standard InChI is InChI=1S/C25H32N4O2/c1-3-5-7-9-23-27-24(29(28-23)16-8-6-4-2)17-19-10-12-20(13-11-19)22-18-26-15-14-21(22)25(30)31/h10-15,18H,3-9,16-17H2,1-2H3,(H,30,31). The molecule has 0 radical (unpaired) electrons. The van der Waals surface area contributed by atoms with Gasteiger partial charge < -0.3 is 5.11 Å². The Morgan fingerprint density at radius 1 is 1.00 bits per heavy atom. The predicted octanol–water partition coefficient (Wildman–Crippen LogP) is 5.55. The Bertz CT molecular complexity index is 979. The second-order valence-electron chi connectivity index (χ2n) is 7.93. The smallest absolute Gasteiger partial charge is 0.336 e. The Morgan fingerprint density at radius 3 is 2.45 bits per heavy atom.